The molecule has 0 amide bonds. The molecule has 0 spiro atoms. The number of nitrogens with two attached hydrogens (primary N) is 1. The summed E-state index contributed by atoms with van der Waals surface area (Å²) >= 11 is 9.22. The van der Waals surface area contributed by atoms with Crippen LogP contribution < -0.4 is 5.73 Å². The molecule has 1 nitrogen and oxygen atoms in total. The van der Waals surface area contributed by atoms with Crippen molar-refractivity contribution >= 4 is 29.9 Å². The topological polar surface area (TPSA) is 26.0 Å². The Hall–Kier alpha value is -0.550. The van der Waals surface area contributed by atoms with Gasteiger partial charge in [0, 0.05) is 4.90 Å². The molecule has 72 valence electrons. The molecule has 0 saturated carbocycles. The fraction of sp³-hybridized carbons (Fsp3) is 0.143. The molecule has 0 heterocycles. The summed E-state index contributed by atoms with van der Waals surface area (Å²) in [5.74, 6) is 0. The maximum Gasteiger partial charge on any atom is 0.417 e. The van der Waals surface area contributed by atoms with Crippen molar-refractivity contribution in [3.63, 3.8) is 0 Å². The van der Waals surface area contributed by atoms with Gasteiger partial charge in [-0.2, -0.15) is 13.2 Å². The summed E-state index contributed by atoms with van der Waals surface area (Å²) in [6.07, 6.45) is -4.48. The van der Waals surface area contributed by atoms with Gasteiger partial charge in [0.05, 0.1) is 16.3 Å². The molecule has 0 aromatic heterocycles. The molecule has 0 unspecified atom stereocenters. The molecule has 13 heavy (non-hydrogen) atoms. The second-order valence-electron chi connectivity index (χ2n) is 2.36. The van der Waals surface area contributed by atoms with Crippen LogP contribution in [0.2, 0.25) is 5.02 Å². The predicted octanol–water partition coefficient (Wildman–Crippen LogP) is 3.23. The number of alkyl halides is 3. The van der Waals surface area contributed by atoms with E-state index in [-0.39, 0.29) is 10.6 Å². The predicted molar refractivity (Wildman–Crippen MR) is 48.1 cm³/mol. The average Bonchev–Trinajstić information content (AvgIpc) is 1.98. The fourth-order valence-electron chi connectivity index (χ4n) is 0.802. The van der Waals surface area contributed by atoms with E-state index in [0.717, 1.165) is 12.1 Å². The van der Waals surface area contributed by atoms with Gasteiger partial charge in [0.15, 0.2) is 0 Å². The van der Waals surface area contributed by atoms with Gasteiger partial charge in [-0.25, -0.2) is 0 Å². The molecule has 0 bridgehead atoms. The number of thiol groups is 1. The first kappa shape index (κ1) is 10.5. The molecular formula is C7H5ClF3NS. The zero-order valence-corrected chi connectivity index (χ0v) is 7.84. The first-order valence-electron chi connectivity index (χ1n) is 3.18. The van der Waals surface area contributed by atoms with Gasteiger partial charge in [0.25, 0.3) is 0 Å². The minimum absolute atomic E-state index is 0.153. The largest absolute Gasteiger partial charge is 0.417 e. The molecule has 0 saturated heterocycles. The normalized spacial score (nSPS) is 11.8. The molecule has 0 aliphatic carbocycles. The van der Waals surface area contributed by atoms with Crippen LogP contribution in [0.1, 0.15) is 5.56 Å². The van der Waals surface area contributed by atoms with Gasteiger partial charge in [0.2, 0.25) is 0 Å². The van der Waals surface area contributed by atoms with Crippen molar-refractivity contribution < 1.29 is 13.2 Å². The maximum absolute atomic E-state index is 12.2. The van der Waals surface area contributed by atoms with Crippen molar-refractivity contribution in [2.24, 2.45) is 0 Å². The first-order chi connectivity index (χ1) is 5.84. The molecule has 1 aromatic rings. The summed E-state index contributed by atoms with van der Waals surface area (Å²) in [6, 6.07) is 2.01. The SMILES string of the molecule is Nc1c(S)ccc(C(F)(F)F)c1Cl. The summed E-state index contributed by atoms with van der Waals surface area (Å²) in [5.41, 5.74) is 4.18. The van der Waals surface area contributed by atoms with Gasteiger partial charge >= 0.3 is 6.18 Å². The number of hydrogen-bond donors (Lipinski definition) is 2. The quantitative estimate of drug-likeness (QED) is 0.517. The summed E-state index contributed by atoms with van der Waals surface area (Å²) in [7, 11) is 0. The summed E-state index contributed by atoms with van der Waals surface area (Å²) in [5, 5.41) is -0.500. The Morgan fingerprint density at radius 2 is 1.85 bits per heavy atom. The number of hydrogen-bond acceptors (Lipinski definition) is 2. The van der Waals surface area contributed by atoms with E-state index in [2.05, 4.69) is 12.6 Å². The second kappa shape index (κ2) is 3.31. The molecule has 6 heteroatoms. The standard InChI is InChI=1S/C7H5ClF3NS/c8-5-3(7(9,10)11)1-2-4(13)6(5)12/h1-2,13H,12H2. The van der Waals surface area contributed by atoms with Crippen LogP contribution in [0.4, 0.5) is 18.9 Å². The lowest BCUT2D eigenvalue weighted by molar-refractivity contribution is -0.137. The van der Waals surface area contributed by atoms with Crippen molar-refractivity contribution in [3.05, 3.63) is 22.7 Å². The van der Waals surface area contributed by atoms with E-state index in [1.165, 1.54) is 0 Å². The van der Waals surface area contributed by atoms with Crippen molar-refractivity contribution in [1.29, 1.82) is 0 Å². The Bertz CT molecular complexity index is 337. The fourth-order valence-corrected chi connectivity index (χ4v) is 1.33. The van der Waals surface area contributed by atoms with E-state index in [9.17, 15) is 13.2 Å². The highest BCUT2D eigenvalue weighted by Crippen LogP contribution is 2.39. The van der Waals surface area contributed by atoms with Gasteiger partial charge in [-0.05, 0) is 12.1 Å². The number of rotatable bonds is 0. The number of anilines is 1. The van der Waals surface area contributed by atoms with Crippen molar-refractivity contribution in [2.45, 2.75) is 11.1 Å². The van der Waals surface area contributed by atoms with Crippen LogP contribution in [0.25, 0.3) is 0 Å². The molecule has 2 N–H and O–H groups in total. The number of halogens is 4. The highest BCUT2D eigenvalue weighted by molar-refractivity contribution is 7.80. The van der Waals surface area contributed by atoms with Gasteiger partial charge in [0.1, 0.15) is 0 Å². The number of nitrogen functional groups attached to an aromatic ring is 1. The minimum atomic E-state index is -4.48. The lowest BCUT2D eigenvalue weighted by Crippen LogP contribution is -2.07. The van der Waals surface area contributed by atoms with Crippen molar-refractivity contribution in [3.8, 4) is 0 Å². The van der Waals surface area contributed by atoms with Gasteiger partial charge < -0.3 is 5.73 Å². The third-order valence-electron chi connectivity index (χ3n) is 1.46. The van der Waals surface area contributed by atoms with Crippen molar-refractivity contribution in [1.82, 2.24) is 0 Å². The van der Waals surface area contributed by atoms with Crippen LogP contribution in [-0.4, -0.2) is 0 Å². The zero-order chi connectivity index (χ0) is 10.2. The van der Waals surface area contributed by atoms with Crippen LogP contribution in [-0.2, 0) is 6.18 Å². The highest BCUT2D eigenvalue weighted by Gasteiger charge is 2.34. The Kier molecular flexibility index (Phi) is 2.68. The Morgan fingerprint density at radius 1 is 1.31 bits per heavy atom. The lowest BCUT2D eigenvalue weighted by atomic mass is 10.2. The van der Waals surface area contributed by atoms with E-state index >= 15 is 0 Å². The third-order valence-corrected chi connectivity index (χ3v) is 2.26. The van der Waals surface area contributed by atoms with E-state index in [1.807, 2.05) is 0 Å². The Labute approximate surface area is 83.1 Å². The van der Waals surface area contributed by atoms with Crippen LogP contribution in [0.5, 0.6) is 0 Å². The molecular weight excluding hydrogens is 223 g/mol. The maximum atomic E-state index is 12.2. The molecule has 0 fully saturated rings. The molecule has 0 atom stereocenters. The summed E-state index contributed by atoms with van der Waals surface area (Å²) in [6.45, 7) is 0. The highest BCUT2D eigenvalue weighted by atomic mass is 35.5. The smallest absolute Gasteiger partial charge is 0.397 e. The molecule has 1 aromatic carbocycles. The van der Waals surface area contributed by atoms with Gasteiger partial charge in [-0.1, -0.05) is 11.6 Å². The van der Waals surface area contributed by atoms with Crippen LogP contribution >= 0.6 is 24.2 Å². The van der Waals surface area contributed by atoms with Crippen LogP contribution in [0, 0.1) is 0 Å². The van der Waals surface area contributed by atoms with Gasteiger partial charge in [-0.3, -0.25) is 0 Å². The summed E-state index contributed by atoms with van der Waals surface area (Å²) in [4.78, 5) is 0.234. The minimum Gasteiger partial charge on any atom is -0.397 e. The average molecular weight is 228 g/mol. The molecule has 0 aliphatic rings. The van der Waals surface area contributed by atoms with E-state index in [1.54, 1.807) is 0 Å². The Balaban J connectivity index is 3.35. The van der Waals surface area contributed by atoms with Crippen LogP contribution in [0.15, 0.2) is 17.0 Å². The van der Waals surface area contributed by atoms with E-state index in [0.29, 0.717) is 0 Å². The molecule has 0 aliphatic heterocycles. The molecule has 1 rings (SSSR count). The number of benzene rings is 1. The first-order valence-corrected chi connectivity index (χ1v) is 4.00. The van der Waals surface area contributed by atoms with Gasteiger partial charge in [-0.15, -0.1) is 12.6 Å². The third kappa shape index (κ3) is 2.03. The lowest BCUT2D eigenvalue weighted by Gasteiger charge is -2.11. The zero-order valence-electron chi connectivity index (χ0n) is 6.19. The second-order valence-corrected chi connectivity index (χ2v) is 3.22. The monoisotopic (exact) mass is 227 g/mol. The summed E-state index contributed by atoms with van der Waals surface area (Å²) < 4.78 is 36.6. The van der Waals surface area contributed by atoms with E-state index < -0.39 is 16.8 Å². The van der Waals surface area contributed by atoms with Crippen molar-refractivity contribution in [2.75, 3.05) is 5.73 Å². The Morgan fingerprint density at radius 3 is 2.31 bits per heavy atom. The van der Waals surface area contributed by atoms with Crippen LogP contribution in [0.3, 0.4) is 0 Å². The van der Waals surface area contributed by atoms with E-state index in [4.69, 9.17) is 17.3 Å². The molecule has 0 radical (unpaired) electrons.